The fourth-order valence-corrected chi connectivity index (χ4v) is 5.12. The van der Waals surface area contributed by atoms with E-state index in [4.69, 9.17) is 0 Å². The molecule has 3 aromatic heterocycles. The highest BCUT2D eigenvalue weighted by Gasteiger charge is 2.25. The molecule has 0 aliphatic carbocycles. The summed E-state index contributed by atoms with van der Waals surface area (Å²) in [5, 5.41) is 0.915. The molecule has 8 heteroatoms. The number of para-hydroxylation sites is 1. The van der Waals surface area contributed by atoms with Crippen LogP contribution in [0.2, 0.25) is 0 Å². The predicted molar refractivity (Wildman–Crippen MR) is 139 cm³/mol. The zero-order valence-electron chi connectivity index (χ0n) is 20.0. The zero-order valence-corrected chi connectivity index (χ0v) is 20.0. The lowest BCUT2D eigenvalue weighted by Crippen LogP contribution is -2.37. The van der Waals surface area contributed by atoms with Crippen LogP contribution in [0.5, 0.6) is 0 Å². The van der Waals surface area contributed by atoms with Gasteiger partial charge in [0.25, 0.3) is 0 Å². The van der Waals surface area contributed by atoms with Gasteiger partial charge in [-0.05, 0) is 24.5 Å². The van der Waals surface area contributed by atoms with Crippen LogP contribution in [0.1, 0.15) is 34.9 Å². The van der Waals surface area contributed by atoms with Gasteiger partial charge in [0, 0.05) is 61.1 Å². The molecule has 0 radical (unpaired) electrons. The third-order valence-corrected chi connectivity index (χ3v) is 7.04. The van der Waals surface area contributed by atoms with E-state index in [1.807, 2.05) is 83.2 Å². The van der Waals surface area contributed by atoms with E-state index in [1.54, 1.807) is 6.07 Å². The van der Waals surface area contributed by atoms with E-state index >= 15 is 0 Å². The molecule has 0 spiro atoms. The Kier molecular flexibility index (Phi) is 5.48. The Labute approximate surface area is 207 Å². The van der Waals surface area contributed by atoms with Crippen molar-refractivity contribution in [2.75, 3.05) is 18.0 Å². The molecule has 4 heterocycles. The Bertz CT molecular complexity index is 1610. The first-order chi connectivity index (χ1) is 17.6. The average molecular weight is 479 g/mol. The predicted octanol–water partition coefficient (Wildman–Crippen LogP) is 4.20. The van der Waals surface area contributed by atoms with Gasteiger partial charge in [-0.1, -0.05) is 48.5 Å². The quantitative estimate of drug-likeness (QED) is 0.383. The second kappa shape index (κ2) is 8.96. The maximum Gasteiger partial charge on any atom is 0.326 e. The average Bonchev–Trinajstić information content (AvgIpc) is 3.49. The standard InChI is InChI=1S/C28H26N6O2/c1-32-16-22(21-9-5-6-10-25(21)32)27(35)23-15-26(30-18-29-23)33-13-11-20(12-14-33)34-17-24(31-28(34)36)19-7-3-2-4-8-19/h2-10,15-18,20H,11-14H2,1H3,(H,31,36). The molecule has 1 aliphatic heterocycles. The molecule has 0 bridgehead atoms. The Morgan fingerprint density at radius 3 is 2.53 bits per heavy atom. The molecule has 1 aliphatic rings. The van der Waals surface area contributed by atoms with Gasteiger partial charge in [-0.25, -0.2) is 14.8 Å². The van der Waals surface area contributed by atoms with Gasteiger partial charge in [-0.3, -0.25) is 9.36 Å². The number of fused-ring (bicyclic) bond motifs is 1. The van der Waals surface area contributed by atoms with Gasteiger partial charge in [0.05, 0.1) is 5.69 Å². The first-order valence-corrected chi connectivity index (χ1v) is 12.1. The van der Waals surface area contributed by atoms with Gasteiger partial charge in [0.1, 0.15) is 17.8 Å². The number of hydrogen-bond acceptors (Lipinski definition) is 5. The molecule has 180 valence electrons. The number of piperidine rings is 1. The Hall–Kier alpha value is -4.46. The summed E-state index contributed by atoms with van der Waals surface area (Å²) in [5.41, 5.74) is 3.76. The molecule has 0 atom stereocenters. The van der Waals surface area contributed by atoms with Crippen LogP contribution in [0, 0.1) is 0 Å². The fraction of sp³-hybridized carbons (Fsp3) is 0.214. The summed E-state index contributed by atoms with van der Waals surface area (Å²) in [7, 11) is 1.94. The van der Waals surface area contributed by atoms with Crippen LogP contribution in [0.4, 0.5) is 5.82 Å². The second-order valence-corrected chi connectivity index (χ2v) is 9.23. The first-order valence-electron chi connectivity index (χ1n) is 12.1. The van der Waals surface area contributed by atoms with Gasteiger partial charge in [0.2, 0.25) is 5.78 Å². The van der Waals surface area contributed by atoms with Crippen molar-refractivity contribution in [2.45, 2.75) is 18.9 Å². The minimum absolute atomic E-state index is 0.0858. The molecule has 36 heavy (non-hydrogen) atoms. The summed E-state index contributed by atoms with van der Waals surface area (Å²) in [6.45, 7) is 1.48. The number of benzene rings is 2. The van der Waals surface area contributed by atoms with Crippen LogP contribution < -0.4 is 10.6 Å². The van der Waals surface area contributed by atoms with Crippen molar-refractivity contribution in [1.29, 1.82) is 0 Å². The highest BCUT2D eigenvalue weighted by molar-refractivity contribution is 6.15. The Balaban J connectivity index is 1.19. The summed E-state index contributed by atoms with van der Waals surface area (Å²) in [6, 6.07) is 19.6. The highest BCUT2D eigenvalue weighted by Crippen LogP contribution is 2.27. The van der Waals surface area contributed by atoms with Crippen LogP contribution in [0.3, 0.4) is 0 Å². The normalized spacial score (nSPS) is 14.4. The highest BCUT2D eigenvalue weighted by atomic mass is 16.1. The van der Waals surface area contributed by atoms with Crippen molar-refractivity contribution in [3.8, 4) is 11.3 Å². The van der Waals surface area contributed by atoms with Gasteiger partial charge in [-0.15, -0.1) is 0 Å². The van der Waals surface area contributed by atoms with Gasteiger partial charge in [0.15, 0.2) is 0 Å². The number of H-pyrrole nitrogens is 1. The molecule has 5 aromatic rings. The third kappa shape index (κ3) is 3.90. The first kappa shape index (κ1) is 22.0. The van der Waals surface area contributed by atoms with Crippen molar-refractivity contribution in [2.24, 2.45) is 7.05 Å². The van der Waals surface area contributed by atoms with Crippen LogP contribution >= 0.6 is 0 Å². The maximum atomic E-state index is 13.3. The Morgan fingerprint density at radius 2 is 1.72 bits per heavy atom. The second-order valence-electron chi connectivity index (χ2n) is 9.23. The maximum absolute atomic E-state index is 13.3. The largest absolute Gasteiger partial charge is 0.356 e. The van der Waals surface area contributed by atoms with E-state index in [-0.39, 0.29) is 17.5 Å². The number of rotatable bonds is 5. The lowest BCUT2D eigenvalue weighted by Gasteiger charge is -2.33. The summed E-state index contributed by atoms with van der Waals surface area (Å²) in [6.07, 6.45) is 6.86. The number of ketones is 1. The summed E-state index contributed by atoms with van der Waals surface area (Å²) in [5.74, 6) is 0.621. The van der Waals surface area contributed by atoms with E-state index in [0.29, 0.717) is 11.3 Å². The number of hydrogen-bond donors (Lipinski definition) is 1. The molecule has 2 aromatic carbocycles. The molecular formula is C28H26N6O2. The van der Waals surface area contributed by atoms with Gasteiger partial charge < -0.3 is 14.5 Å². The number of aromatic amines is 1. The Morgan fingerprint density at radius 1 is 0.972 bits per heavy atom. The van der Waals surface area contributed by atoms with E-state index < -0.39 is 0 Å². The molecule has 1 saturated heterocycles. The van der Waals surface area contributed by atoms with Crippen molar-refractivity contribution < 1.29 is 4.79 Å². The minimum Gasteiger partial charge on any atom is -0.356 e. The lowest BCUT2D eigenvalue weighted by atomic mass is 10.0. The van der Waals surface area contributed by atoms with Crippen molar-refractivity contribution in [3.05, 3.63) is 101 Å². The number of nitrogens with zero attached hydrogens (tertiary/aromatic N) is 5. The van der Waals surface area contributed by atoms with E-state index in [1.165, 1.54) is 6.33 Å². The van der Waals surface area contributed by atoms with E-state index in [2.05, 4.69) is 19.9 Å². The van der Waals surface area contributed by atoms with Crippen LogP contribution in [0.25, 0.3) is 22.2 Å². The van der Waals surface area contributed by atoms with Crippen molar-refractivity contribution in [3.63, 3.8) is 0 Å². The molecule has 0 saturated carbocycles. The van der Waals surface area contributed by atoms with Crippen molar-refractivity contribution in [1.82, 2.24) is 24.1 Å². The fourth-order valence-electron chi connectivity index (χ4n) is 5.12. The van der Waals surface area contributed by atoms with Gasteiger partial charge >= 0.3 is 5.69 Å². The summed E-state index contributed by atoms with van der Waals surface area (Å²) >= 11 is 0. The van der Waals surface area contributed by atoms with E-state index in [0.717, 1.165) is 53.9 Å². The zero-order chi connectivity index (χ0) is 24.6. The molecule has 0 unspecified atom stereocenters. The third-order valence-electron chi connectivity index (χ3n) is 7.04. The number of imidazole rings is 1. The number of aryl methyl sites for hydroxylation is 1. The molecule has 8 nitrogen and oxygen atoms in total. The molecule has 1 N–H and O–H groups in total. The van der Waals surface area contributed by atoms with E-state index in [9.17, 15) is 9.59 Å². The molecule has 1 fully saturated rings. The lowest BCUT2D eigenvalue weighted by molar-refractivity contribution is 0.103. The number of carbonyl (C=O) groups excluding carboxylic acids is 1. The SMILES string of the molecule is Cn1cc(C(=O)c2cc(N3CCC(n4cc(-c5ccccc5)[nH]c4=O)CC3)ncn2)c2ccccc21. The van der Waals surface area contributed by atoms with Crippen LogP contribution in [-0.4, -0.2) is 43.0 Å². The summed E-state index contributed by atoms with van der Waals surface area (Å²) < 4.78 is 3.77. The molecular weight excluding hydrogens is 452 g/mol. The number of anilines is 1. The minimum atomic E-state index is -0.113. The number of aromatic nitrogens is 5. The monoisotopic (exact) mass is 478 g/mol. The smallest absolute Gasteiger partial charge is 0.326 e. The van der Waals surface area contributed by atoms with Crippen LogP contribution in [0.15, 0.2) is 84.2 Å². The van der Waals surface area contributed by atoms with Crippen molar-refractivity contribution >= 4 is 22.5 Å². The topological polar surface area (TPSA) is 88.8 Å². The molecule has 6 rings (SSSR count). The molecule has 0 amide bonds. The number of carbonyl (C=O) groups is 1. The van der Waals surface area contributed by atoms with Crippen LogP contribution in [-0.2, 0) is 7.05 Å². The summed E-state index contributed by atoms with van der Waals surface area (Å²) in [4.78, 5) is 39.9. The number of nitrogens with one attached hydrogen (secondary N) is 1. The van der Waals surface area contributed by atoms with Gasteiger partial charge in [-0.2, -0.15) is 0 Å².